The standard InChI is InChI=1S/C16H13F3N4O2/c1-2-9-23(13(24)7-8-20)10-11-3-5-12(6-4-11)14-21-15(25-22-14)16(17,18)19/h2-6H,1,7,9-10H2. The maximum absolute atomic E-state index is 12.5. The first kappa shape index (κ1) is 18.2. The average Bonchev–Trinajstić information content (AvgIpc) is 3.05. The molecule has 1 amide bonds. The normalized spacial score (nSPS) is 11.0. The lowest BCUT2D eigenvalue weighted by Gasteiger charge is -2.20. The Morgan fingerprint density at radius 3 is 2.56 bits per heavy atom. The van der Waals surface area contributed by atoms with Gasteiger partial charge in [-0.25, -0.2) is 0 Å². The number of aromatic nitrogens is 2. The number of benzene rings is 1. The number of amides is 1. The molecule has 0 aliphatic heterocycles. The van der Waals surface area contributed by atoms with Gasteiger partial charge in [0.2, 0.25) is 11.7 Å². The van der Waals surface area contributed by atoms with E-state index in [1.807, 2.05) is 0 Å². The highest BCUT2D eigenvalue weighted by atomic mass is 19.4. The van der Waals surface area contributed by atoms with E-state index in [1.54, 1.807) is 24.3 Å². The van der Waals surface area contributed by atoms with Gasteiger partial charge in [0.1, 0.15) is 6.42 Å². The first-order valence-electron chi connectivity index (χ1n) is 7.11. The lowest BCUT2D eigenvalue weighted by Crippen LogP contribution is -2.30. The molecular weight excluding hydrogens is 337 g/mol. The highest BCUT2D eigenvalue weighted by Gasteiger charge is 2.38. The van der Waals surface area contributed by atoms with E-state index in [2.05, 4.69) is 21.2 Å². The zero-order valence-electron chi connectivity index (χ0n) is 13.0. The van der Waals surface area contributed by atoms with Gasteiger partial charge in [-0.1, -0.05) is 35.5 Å². The fraction of sp³-hybridized carbons (Fsp3) is 0.250. The molecule has 0 aliphatic rings. The number of hydrogen-bond donors (Lipinski definition) is 0. The van der Waals surface area contributed by atoms with Crippen LogP contribution in [-0.4, -0.2) is 27.5 Å². The second kappa shape index (κ2) is 7.61. The van der Waals surface area contributed by atoms with Crippen LogP contribution in [0.3, 0.4) is 0 Å². The fourth-order valence-electron chi connectivity index (χ4n) is 2.03. The number of nitrogens with zero attached hydrogens (tertiary/aromatic N) is 4. The number of alkyl halides is 3. The van der Waals surface area contributed by atoms with Gasteiger partial charge in [-0.05, 0) is 5.56 Å². The van der Waals surface area contributed by atoms with Crippen LogP contribution in [0.2, 0.25) is 0 Å². The molecule has 0 N–H and O–H groups in total. The maximum Gasteiger partial charge on any atom is 0.471 e. The molecular formula is C16H13F3N4O2. The monoisotopic (exact) mass is 350 g/mol. The zero-order chi connectivity index (χ0) is 18.4. The summed E-state index contributed by atoms with van der Waals surface area (Å²) in [7, 11) is 0. The van der Waals surface area contributed by atoms with Crippen molar-refractivity contribution in [1.29, 1.82) is 5.26 Å². The van der Waals surface area contributed by atoms with Crippen molar-refractivity contribution in [2.75, 3.05) is 6.54 Å². The first-order valence-corrected chi connectivity index (χ1v) is 7.11. The summed E-state index contributed by atoms with van der Waals surface area (Å²) < 4.78 is 41.6. The molecule has 0 aliphatic carbocycles. The summed E-state index contributed by atoms with van der Waals surface area (Å²) >= 11 is 0. The molecule has 25 heavy (non-hydrogen) atoms. The summed E-state index contributed by atoms with van der Waals surface area (Å²) in [5.74, 6) is -1.92. The van der Waals surface area contributed by atoms with E-state index in [9.17, 15) is 18.0 Å². The molecule has 1 heterocycles. The van der Waals surface area contributed by atoms with Crippen LogP contribution in [0.1, 0.15) is 17.9 Å². The highest BCUT2D eigenvalue weighted by molar-refractivity contribution is 5.78. The van der Waals surface area contributed by atoms with Crippen molar-refractivity contribution in [3.8, 4) is 17.5 Å². The summed E-state index contributed by atoms with van der Waals surface area (Å²) in [6.07, 6.45) is -3.39. The Morgan fingerprint density at radius 1 is 1.36 bits per heavy atom. The molecule has 0 saturated carbocycles. The Morgan fingerprint density at radius 2 is 2.04 bits per heavy atom. The third-order valence-corrected chi connectivity index (χ3v) is 3.19. The molecule has 9 heteroatoms. The van der Waals surface area contributed by atoms with Crippen molar-refractivity contribution in [3.63, 3.8) is 0 Å². The van der Waals surface area contributed by atoms with Crippen molar-refractivity contribution in [1.82, 2.24) is 15.0 Å². The molecule has 130 valence electrons. The van der Waals surface area contributed by atoms with E-state index >= 15 is 0 Å². The molecule has 0 fully saturated rings. The smallest absolute Gasteiger partial charge is 0.334 e. The molecule has 0 radical (unpaired) electrons. The number of carbonyl (C=O) groups excluding carboxylic acids is 1. The summed E-state index contributed by atoms with van der Waals surface area (Å²) in [5, 5.41) is 11.9. The largest absolute Gasteiger partial charge is 0.471 e. The van der Waals surface area contributed by atoms with Crippen LogP contribution in [0.5, 0.6) is 0 Å². The van der Waals surface area contributed by atoms with Gasteiger partial charge >= 0.3 is 12.1 Å². The van der Waals surface area contributed by atoms with Gasteiger partial charge in [0.25, 0.3) is 0 Å². The molecule has 1 aromatic carbocycles. The fourth-order valence-corrected chi connectivity index (χ4v) is 2.03. The van der Waals surface area contributed by atoms with E-state index in [4.69, 9.17) is 5.26 Å². The van der Waals surface area contributed by atoms with E-state index < -0.39 is 12.1 Å². The molecule has 6 nitrogen and oxygen atoms in total. The van der Waals surface area contributed by atoms with Gasteiger partial charge < -0.3 is 9.42 Å². The summed E-state index contributed by atoms with van der Waals surface area (Å²) in [6, 6.07) is 8.12. The summed E-state index contributed by atoms with van der Waals surface area (Å²) in [4.78, 5) is 16.6. The SMILES string of the molecule is C=CCN(Cc1ccc(-c2noc(C(F)(F)F)n2)cc1)C(=O)CC#N. The Labute approximate surface area is 141 Å². The van der Waals surface area contributed by atoms with E-state index in [1.165, 1.54) is 17.0 Å². The third kappa shape index (κ3) is 4.67. The van der Waals surface area contributed by atoms with Crippen LogP contribution in [0.4, 0.5) is 13.2 Å². The average molecular weight is 350 g/mol. The first-order chi connectivity index (χ1) is 11.8. The minimum atomic E-state index is -4.70. The van der Waals surface area contributed by atoms with Crippen LogP contribution < -0.4 is 0 Å². The molecule has 2 aromatic rings. The predicted molar refractivity (Wildman–Crippen MR) is 80.6 cm³/mol. The molecule has 0 spiro atoms. The number of nitriles is 1. The van der Waals surface area contributed by atoms with E-state index in [-0.39, 0.29) is 31.2 Å². The van der Waals surface area contributed by atoms with Gasteiger partial charge in [-0.3, -0.25) is 4.79 Å². The number of rotatable bonds is 6. The van der Waals surface area contributed by atoms with Crippen LogP contribution in [-0.2, 0) is 17.5 Å². The van der Waals surface area contributed by atoms with Crippen molar-refractivity contribution in [2.45, 2.75) is 19.1 Å². The van der Waals surface area contributed by atoms with Crippen LogP contribution in [0, 0.1) is 11.3 Å². The minimum absolute atomic E-state index is 0.178. The number of carbonyl (C=O) groups is 1. The van der Waals surface area contributed by atoms with Gasteiger partial charge in [0.15, 0.2) is 0 Å². The van der Waals surface area contributed by atoms with Gasteiger partial charge in [0.05, 0.1) is 6.07 Å². The maximum atomic E-state index is 12.5. The minimum Gasteiger partial charge on any atom is -0.334 e. The predicted octanol–water partition coefficient (Wildman–Crippen LogP) is 3.18. The van der Waals surface area contributed by atoms with Gasteiger partial charge in [0, 0.05) is 18.7 Å². The van der Waals surface area contributed by atoms with Crippen molar-refractivity contribution < 1.29 is 22.5 Å². The topological polar surface area (TPSA) is 83.0 Å². The van der Waals surface area contributed by atoms with Crippen LogP contribution in [0.25, 0.3) is 11.4 Å². The second-order valence-electron chi connectivity index (χ2n) is 5.02. The molecule has 0 saturated heterocycles. The van der Waals surface area contributed by atoms with E-state index in [0.29, 0.717) is 5.56 Å². The Hall–Kier alpha value is -3.15. The zero-order valence-corrected chi connectivity index (χ0v) is 13.0. The van der Waals surface area contributed by atoms with Crippen molar-refractivity contribution in [3.05, 3.63) is 48.4 Å². The Kier molecular flexibility index (Phi) is 5.54. The third-order valence-electron chi connectivity index (χ3n) is 3.19. The van der Waals surface area contributed by atoms with Crippen LogP contribution >= 0.6 is 0 Å². The summed E-state index contributed by atoms with van der Waals surface area (Å²) in [6.45, 7) is 4.09. The van der Waals surface area contributed by atoms with Crippen molar-refractivity contribution >= 4 is 5.91 Å². The molecule has 2 rings (SSSR count). The Balaban J connectivity index is 2.13. The lowest BCUT2D eigenvalue weighted by atomic mass is 10.1. The summed E-state index contributed by atoms with van der Waals surface area (Å²) in [5.41, 5.74) is 1.08. The Bertz CT molecular complexity index is 791. The molecule has 1 aromatic heterocycles. The quantitative estimate of drug-likeness (QED) is 0.747. The molecule has 0 unspecified atom stereocenters. The van der Waals surface area contributed by atoms with E-state index in [0.717, 1.165) is 5.56 Å². The second-order valence-corrected chi connectivity index (χ2v) is 5.02. The van der Waals surface area contributed by atoms with Crippen LogP contribution in [0.15, 0.2) is 41.4 Å². The van der Waals surface area contributed by atoms with Crippen molar-refractivity contribution in [2.24, 2.45) is 0 Å². The lowest BCUT2D eigenvalue weighted by molar-refractivity contribution is -0.159. The van der Waals surface area contributed by atoms with Gasteiger partial charge in [-0.15, -0.1) is 6.58 Å². The number of hydrogen-bond acceptors (Lipinski definition) is 5. The molecule has 0 bridgehead atoms. The highest BCUT2D eigenvalue weighted by Crippen LogP contribution is 2.29. The van der Waals surface area contributed by atoms with Gasteiger partial charge in [-0.2, -0.15) is 23.4 Å². The number of halogens is 3. The molecule has 0 atom stereocenters.